The lowest BCUT2D eigenvalue weighted by Crippen LogP contribution is -2.49. The zero-order valence-corrected chi connectivity index (χ0v) is 18.5. The minimum Gasteiger partial charge on any atom is -0.475 e. The molecule has 0 aromatic heterocycles. The fourth-order valence-corrected chi connectivity index (χ4v) is 4.33. The van der Waals surface area contributed by atoms with E-state index >= 15 is 0 Å². The van der Waals surface area contributed by atoms with E-state index in [0.717, 1.165) is 47.3 Å². The minimum atomic E-state index is -1.30. The second kappa shape index (κ2) is 8.15. The number of imide groups is 1. The van der Waals surface area contributed by atoms with Crippen LogP contribution in [0, 0.1) is 20.8 Å². The molecule has 3 aliphatic heterocycles. The first-order valence-corrected chi connectivity index (χ1v) is 10.9. The number of rotatable bonds is 4. The Morgan fingerprint density at radius 2 is 1.74 bits per heavy atom. The first-order valence-electron chi connectivity index (χ1n) is 10.9. The average molecular weight is 431 g/mol. The number of fused-ring (bicyclic) bond motifs is 1. The van der Waals surface area contributed by atoms with Crippen LogP contribution in [0.3, 0.4) is 0 Å². The summed E-state index contributed by atoms with van der Waals surface area (Å²) in [5.41, 5.74) is 2.50. The number of carbonyl (C=O) groups excluding carboxylic acids is 3. The number of amides is 2. The highest BCUT2D eigenvalue weighted by atomic mass is 16.7. The number of hydrogen-bond donors (Lipinski definition) is 0. The number of carbonyl (C=O) groups is 3. The van der Waals surface area contributed by atoms with Crippen molar-refractivity contribution < 1.29 is 33.4 Å². The van der Waals surface area contributed by atoms with Gasteiger partial charge in [0.05, 0.1) is 6.61 Å². The summed E-state index contributed by atoms with van der Waals surface area (Å²) < 4.78 is 18.2. The molecule has 0 N–H and O–H groups in total. The summed E-state index contributed by atoms with van der Waals surface area (Å²) in [6, 6.07) is 0. The first-order chi connectivity index (χ1) is 14.7. The van der Waals surface area contributed by atoms with Crippen molar-refractivity contribution in [2.24, 2.45) is 0 Å². The average Bonchev–Trinajstić information content (AvgIpc) is 3.08. The lowest BCUT2D eigenvalue weighted by Gasteiger charge is -2.37. The van der Waals surface area contributed by atoms with E-state index in [2.05, 4.69) is 0 Å². The molecule has 31 heavy (non-hydrogen) atoms. The topological polar surface area (TPSA) is 91.4 Å². The number of hydroxylamine groups is 2. The van der Waals surface area contributed by atoms with E-state index in [4.69, 9.17) is 19.0 Å². The molecule has 4 rings (SSSR count). The molecule has 168 valence electrons. The molecule has 2 fully saturated rings. The fraction of sp³-hybridized carbons (Fsp3) is 0.609. The summed E-state index contributed by atoms with van der Waals surface area (Å²) in [5.74, 6) is -0.309. The van der Waals surface area contributed by atoms with Gasteiger partial charge >= 0.3 is 5.97 Å². The van der Waals surface area contributed by atoms with E-state index < -0.39 is 23.4 Å². The molecular weight excluding hydrogens is 402 g/mol. The molecule has 3 heterocycles. The third-order valence-corrected chi connectivity index (χ3v) is 6.49. The van der Waals surface area contributed by atoms with Crippen molar-refractivity contribution in [3.63, 3.8) is 0 Å². The molecule has 2 saturated heterocycles. The lowest BCUT2D eigenvalue weighted by atomic mass is 9.87. The zero-order valence-electron chi connectivity index (χ0n) is 18.5. The molecule has 0 saturated carbocycles. The van der Waals surface area contributed by atoms with Crippen LogP contribution < -0.4 is 9.47 Å². The molecule has 8 nitrogen and oxygen atoms in total. The normalized spacial score (nSPS) is 25.8. The van der Waals surface area contributed by atoms with Gasteiger partial charge in [0.1, 0.15) is 11.5 Å². The SMILES string of the molecule is Cc1c(C)c2c(c(C)c1O[C@H]1CCCCO1)CC[C@](C)(C(=O)ON1C(=O)CCC1=O)O2. The Labute approximate surface area is 181 Å². The van der Waals surface area contributed by atoms with E-state index in [-0.39, 0.29) is 19.1 Å². The summed E-state index contributed by atoms with van der Waals surface area (Å²) >= 11 is 0. The van der Waals surface area contributed by atoms with Gasteiger partial charge in [-0.25, -0.2) is 4.79 Å². The highest BCUT2D eigenvalue weighted by Crippen LogP contribution is 2.44. The lowest BCUT2D eigenvalue weighted by molar-refractivity contribution is -0.208. The van der Waals surface area contributed by atoms with E-state index in [0.29, 0.717) is 30.3 Å². The summed E-state index contributed by atoms with van der Waals surface area (Å²) in [4.78, 5) is 41.6. The summed E-state index contributed by atoms with van der Waals surface area (Å²) in [6.07, 6.45) is 3.80. The third kappa shape index (κ3) is 3.89. The van der Waals surface area contributed by atoms with Gasteiger partial charge in [0.15, 0.2) is 6.29 Å². The van der Waals surface area contributed by atoms with Crippen molar-refractivity contribution in [1.29, 1.82) is 0 Å². The highest BCUT2D eigenvalue weighted by Gasteiger charge is 2.45. The Morgan fingerprint density at radius 3 is 2.39 bits per heavy atom. The van der Waals surface area contributed by atoms with E-state index in [1.165, 1.54) is 0 Å². The molecule has 2 amide bonds. The molecule has 1 aromatic rings. The van der Waals surface area contributed by atoms with Crippen LogP contribution in [0.5, 0.6) is 11.5 Å². The molecular formula is C23H29NO7. The fourth-order valence-electron chi connectivity index (χ4n) is 4.33. The van der Waals surface area contributed by atoms with Crippen LogP contribution in [0.15, 0.2) is 0 Å². The second-order valence-corrected chi connectivity index (χ2v) is 8.72. The van der Waals surface area contributed by atoms with Crippen molar-refractivity contribution >= 4 is 17.8 Å². The maximum absolute atomic E-state index is 12.9. The largest absolute Gasteiger partial charge is 0.475 e. The maximum Gasteiger partial charge on any atom is 0.376 e. The van der Waals surface area contributed by atoms with Gasteiger partial charge in [-0.1, -0.05) is 0 Å². The zero-order chi connectivity index (χ0) is 22.3. The maximum atomic E-state index is 12.9. The van der Waals surface area contributed by atoms with Crippen LogP contribution in [0.1, 0.15) is 67.7 Å². The van der Waals surface area contributed by atoms with Gasteiger partial charge < -0.3 is 19.0 Å². The third-order valence-electron chi connectivity index (χ3n) is 6.49. The van der Waals surface area contributed by atoms with E-state index in [1.54, 1.807) is 6.92 Å². The van der Waals surface area contributed by atoms with Gasteiger partial charge in [0, 0.05) is 31.2 Å². The van der Waals surface area contributed by atoms with Gasteiger partial charge in [0.25, 0.3) is 11.8 Å². The molecule has 8 heteroatoms. The molecule has 0 radical (unpaired) electrons. The van der Waals surface area contributed by atoms with Gasteiger partial charge in [-0.3, -0.25) is 9.59 Å². The van der Waals surface area contributed by atoms with Gasteiger partial charge in [-0.2, -0.15) is 0 Å². The van der Waals surface area contributed by atoms with Crippen molar-refractivity contribution in [2.75, 3.05) is 6.61 Å². The van der Waals surface area contributed by atoms with Crippen LogP contribution in [0.25, 0.3) is 0 Å². The smallest absolute Gasteiger partial charge is 0.376 e. The van der Waals surface area contributed by atoms with Crippen LogP contribution in [0.4, 0.5) is 0 Å². The second-order valence-electron chi connectivity index (χ2n) is 8.72. The Kier molecular flexibility index (Phi) is 5.68. The Hall–Kier alpha value is -2.61. The Bertz CT molecular complexity index is 919. The number of ether oxygens (including phenoxy) is 3. The quantitative estimate of drug-likeness (QED) is 0.676. The van der Waals surface area contributed by atoms with Crippen molar-refractivity contribution in [2.45, 2.75) is 84.5 Å². The van der Waals surface area contributed by atoms with E-state index in [1.807, 2.05) is 20.8 Å². The van der Waals surface area contributed by atoms with Crippen molar-refractivity contribution in [3.05, 3.63) is 22.3 Å². The molecule has 0 aliphatic carbocycles. The van der Waals surface area contributed by atoms with Crippen LogP contribution in [-0.2, 0) is 30.4 Å². The van der Waals surface area contributed by atoms with Gasteiger partial charge in [-0.05, 0) is 63.6 Å². The minimum absolute atomic E-state index is 0.0531. The standard InChI is InChI=1S/C23H29NO7/c1-13-14(2)21-16(15(3)20(13)29-19-7-5-6-12-28-19)10-11-23(4,30-21)22(27)31-24-17(25)8-9-18(24)26/h19H,5-12H2,1-4H3/t19-,23+/m0/s1. The monoisotopic (exact) mass is 431 g/mol. The van der Waals surface area contributed by atoms with Crippen LogP contribution in [-0.4, -0.2) is 41.3 Å². The molecule has 0 spiro atoms. The predicted octanol–water partition coefficient (Wildman–Crippen LogP) is 3.21. The Balaban J connectivity index is 1.58. The van der Waals surface area contributed by atoms with E-state index in [9.17, 15) is 14.4 Å². The molecule has 1 aromatic carbocycles. The first kappa shape index (κ1) is 21.6. The summed E-state index contributed by atoms with van der Waals surface area (Å²) in [7, 11) is 0. The number of nitrogens with zero attached hydrogens (tertiary/aromatic N) is 1. The number of hydrogen-bond acceptors (Lipinski definition) is 7. The molecule has 0 unspecified atom stereocenters. The summed E-state index contributed by atoms with van der Waals surface area (Å²) in [6.45, 7) is 8.24. The van der Waals surface area contributed by atoms with Crippen LogP contribution in [0.2, 0.25) is 0 Å². The molecule has 0 bridgehead atoms. The molecule has 3 aliphatic rings. The van der Waals surface area contributed by atoms with Gasteiger partial charge in [0.2, 0.25) is 5.60 Å². The van der Waals surface area contributed by atoms with Gasteiger partial charge in [-0.15, -0.1) is 5.06 Å². The van der Waals surface area contributed by atoms with Crippen molar-refractivity contribution in [1.82, 2.24) is 5.06 Å². The summed E-state index contributed by atoms with van der Waals surface area (Å²) in [5, 5.41) is 0.566. The van der Waals surface area contributed by atoms with Crippen LogP contribution >= 0.6 is 0 Å². The number of benzene rings is 1. The van der Waals surface area contributed by atoms with Crippen molar-refractivity contribution in [3.8, 4) is 11.5 Å². The highest BCUT2D eigenvalue weighted by molar-refractivity contribution is 6.02. The predicted molar refractivity (Wildman–Crippen MR) is 109 cm³/mol. The molecule has 2 atom stereocenters. The Morgan fingerprint density at radius 1 is 1.03 bits per heavy atom.